The lowest BCUT2D eigenvalue weighted by Crippen LogP contribution is -2.00. The highest BCUT2D eigenvalue weighted by Crippen LogP contribution is 2.09. The number of hydrogen-bond donors (Lipinski definition) is 0. The number of hydrogen-bond acceptors (Lipinski definition) is 3. The van der Waals surface area contributed by atoms with Crippen molar-refractivity contribution in [3.8, 4) is 12.3 Å². The summed E-state index contributed by atoms with van der Waals surface area (Å²) in [4.78, 5) is 15.2. The molecular weight excluding hydrogens is 170 g/mol. The minimum absolute atomic E-state index is 0.0619. The molecule has 0 atom stereocenters. The standard InChI is InChI=1S/C9H9NOS/c1-3-4-8(11)5-9-10-7(2)6-12-9/h1,6H,4-5H2,2H3. The molecule has 12 heavy (non-hydrogen) atoms. The molecule has 1 aromatic rings. The van der Waals surface area contributed by atoms with Gasteiger partial charge >= 0.3 is 0 Å². The summed E-state index contributed by atoms with van der Waals surface area (Å²) < 4.78 is 0. The van der Waals surface area contributed by atoms with E-state index in [-0.39, 0.29) is 12.2 Å². The molecule has 1 rings (SSSR count). The number of nitrogens with zero attached hydrogens (tertiary/aromatic N) is 1. The fraction of sp³-hybridized carbons (Fsp3) is 0.333. The highest BCUT2D eigenvalue weighted by Gasteiger charge is 2.04. The molecule has 0 spiro atoms. The third-order valence-electron chi connectivity index (χ3n) is 1.31. The number of aromatic nitrogens is 1. The maximum atomic E-state index is 11.0. The van der Waals surface area contributed by atoms with Crippen LogP contribution in [0.3, 0.4) is 0 Å². The topological polar surface area (TPSA) is 30.0 Å². The molecule has 0 aromatic carbocycles. The van der Waals surface area contributed by atoms with Crippen LogP contribution < -0.4 is 0 Å². The van der Waals surface area contributed by atoms with Crippen molar-refractivity contribution in [1.29, 1.82) is 0 Å². The van der Waals surface area contributed by atoms with E-state index in [1.807, 2.05) is 12.3 Å². The molecule has 0 aliphatic heterocycles. The second kappa shape index (κ2) is 4.03. The number of carbonyl (C=O) groups is 1. The highest BCUT2D eigenvalue weighted by atomic mass is 32.1. The van der Waals surface area contributed by atoms with Crippen LogP contribution >= 0.6 is 11.3 Å². The first-order chi connectivity index (χ1) is 5.72. The summed E-state index contributed by atoms with van der Waals surface area (Å²) in [5.74, 6) is 2.38. The van der Waals surface area contributed by atoms with Crippen LogP contribution in [-0.4, -0.2) is 10.8 Å². The maximum Gasteiger partial charge on any atom is 0.151 e. The van der Waals surface area contributed by atoms with Crippen LogP contribution in [0.4, 0.5) is 0 Å². The van der Waals surface area contributed by atoms with E-state index in [1.165, 1.54) is 11.3 Å². The summed E-state index contributed by atoms with van der Waals surface area (Å²) in [5, 5.41) is 2.78. The van der Waals surface area contributed by atoms with Gasteiger partial charge in [-0.15, -0.1) is 17.8 Å². The maximum absolute atomic E-state index is 11.0. The van der Waals surface area contributed by atoms with Crippen LogP contribution in [0.15, 0.2) is 5.38 Å². The Bertz CT molecular complexity index is 322. The normalized spacial score (nSPS) is 9.33. The summed E-state index contributed by atoms with van der Waals surface area (Å²) in [6.45, 7) is 1.91. The highest BCUT2D eigenvalue weighted by molar-refractivity contribution is 7.09. The Hall–Kier alpha value is -1.14. The van der Waals surface area contributed by atoms with Gasteiger partial charge in [-0.1, -0.05) is 5.92 Å². The molecule has 0 bridgehead atoms. The smallest absolute Gasteiger partial charge is 0.151 e. The van der Waals surface area contributed by atoms with Gasteiger partial charge in [0.1, 0.15) is 5.01 Å². The van der Waals surface area contributed by atoms with E-state index in [1.54, 1.807) is 0 Å². The molecule has 0 aliphatic carbocycles. The zero-order chi connectivity index (χ0) is 8.97. The van der Waals surface area contributed by atoms with Gasteiger partial charge in [-0.05, 0) is 6.92 Å². The Morgan fingerprint density at radius 3 is 3.08 bits per heavy atom. The molecule has 0 saturated heterocycles. The molecule has 0 fully saturated rings. The van der Waals surface area contributed by atoms with Gasteiger partial charge in [-0.3, -0.25) is 4.79 Å². The lowest BCUT2D eigenvalue weighted by atomic mass is 10.2. The number of aryl methyl sites for hydroxylation is 1. The SMILES string of the molecule is C#CCC(=O)Cc1nc(C)cs1. The lowest BCUT2D eigenvalue weighted by molar-refractivity contribution is -0.117. The molecule has 2 nitrogen and oxygen atoms in total. The van der Waals surface area contributed by atoms with Crippen LogP contribution in [-0.2, 0) is 11.2 Å². The molecule has 0 unspecified atom stereocenters. The first kappa shape index (κ1) is 8.95. The van der Waals surface area contributed by atoms with E-state index < -0.39 is 0 Å². The summed E-state index contributed by atoms with van der Waals surface area (Å²) >= 11 is 1.50. The molecule has 62 valence electrons. The molecule has 1 aromatic heterocycles. The van der Waals surface area contributed by atoms with Crippen LogP contribution in [0, 0.1) is 19.3 Å². The second-order valence-electron chi connectivity index (χ2n) is 2.48. The molecule has 0 saturated carbocycles. The van der Waals surface area contributed by atoms with E-state index in [2.05, 4.69) is 10.9 Å². The summed E-state index contributed by atoms with van der Waals surface area (Å²) in [6, 6.07) is 0. The van der Waals surface area contributed by atoms with Crippen molar-refractivity contribution in [1.82, 2.24) is 4.98 Å². The average molecular weight is 179 g/mol. The second-order valence-corrected chi connectivity index (χ2v) is 3.42. The fourth-order valence-electron chi connectivity index (χ4n) is 0.829. The van der Waals surface area contributed by atoms with Gasteiger partial charge in [0.15, 0.2) is 5.78 Å². The Morgan fingerprint density at radius 1 is 1.83 bits per heavy atom. The summed E-state index contributed by atoms with van der Waals surface area (Å²) in [7, 11) is 0. The van der Waals surface area contributed by atoms with Crippen molar-refractivity contribution in [3.63, 3.8) is 0 Å². The Morgan fingerprint density at radius 2 is 2.58 bits per heavy atom. The number of carbonyl (C=O) groups excluding carboxylic acids is 1. The average Bonchev–Trinajstić information content (AvgIpc) is 2.36. The Balaban J connectivity index is 2.53. The van der Waals surface area contributed by atoms with Crippen molar-refractivity contribution in [2.45, 2.75) is 19.8 Å². The third kappa shape index (κ3) is 2.48. The zero-order valence-corrected chi connectivity index (χ0v) is 7.65. The van der Waals surface area contributed by atoms with Crippen LogP contribution in [0.1, 0.15) is 17.1 Å². The number of Topliss-reactive ketones (excluding diaryl/α,β-unsaturated/α-hetero) is 1. The van der Waals surface area contributed by atoms with Crippen molar-refractivity contribution < 1.29 is 4.79 Å². The summed E-state index contributed by atoms with van der Waals surface area (Å²) in [5.41, 5.74) is 0.962. The van der Waals surface area contributed by atoms with Crippen molar-refractivity contribution >= 4 is 17.1 Å². The quantitative estimate of drug-likeness (QED) is 0.659. The molecule has 1 heterocycles. The summed E-state index contributed by atoms with van der Waals surface area (Å²) in [6.07, 6.45) is 5.59. The zero-order valence-electron chi connectivity index (χ0n) is 6.83. The number of terminal acetylenes is 1. The van der Waals surface area contributed by atoms with E-state index in [9.17, 15) is 4.79 Å². The number of ketones is 1. The number of thiazole rings is 1. The van der Waals surface area contributed by atoms with Gasteiger partial charge in [0, 0.05) is 11.1 Å². The molecule has 0 radical (unpaired) electrons. The molecule has 3 heteroatoms. The van der Waals surface area contributed by atoms with Crippen LogP contribution in [0.2, 0.25) is 0 Å². The van der Waals surface area contributed by atoms with Gasteiger partial charge < -0.3 is 0 Å². The van der Waals surface area contributed by atoms with E-state index in [0.717, 1.165) is 10.7 Å². The van der Waals surface area contributed by atoms with E-state index in [0.29, 0.717) is 6.42 Å². The van der Waals surface area contributed by atoms with Crippen molar-refractivity contribution in [3.05, 3.63) is 16.1 Å². The molecule has 0 aliphatic rings. The minimum atomic E-state index is 0.0619. The first-order valence-electron chi connectivity index (χ1n) is 3.58. The van der Waals surface area contributed by atoms with Gasteiger partial charge in [0.2, 0.25) is 0 Å². The predicted molar refractivity (Wildman–Crippen MR) is 49.0 cm³/mol. The fourth-order valence-corrected chi connectivity index (χ4v) is 1.63. The van der Waals surface area contributed by atoms with Gasteiger partial charge in [-0.25, -0.2) is 4.98 Å². The predicted octanol–water partition coefficient (Wildman–Crippen LogP) is 1.59. The van der Waals surface area contributed by atoms with E-state index >= 15 is 0 Å². The molecular formula is C9H9NOS. The van der Waals surface area contributed by atoms with Crippen molar-refractivity contribution in [2.24, 2.45) is 0 Å². The molecule has 0 amide bonds. The van der Waals surface area contributed by atoms with Gasteiger partial charge in [0.05, 0.1) is 12.8 Å². The van der Waals surface area contributed by atoms with Crippen molar-refractivity contribution in [2.75, 3.05) is 0 Å². The Kier molecular flexibility index (Phi) is 3.01. The first-order valence-corrected chi connectivity index (χ1v) is 4.46. The largest absolute Gasteiger partial charge is 0.298 e. The number of rotatable bonds is 3. The van der Waals surface area contributed by atoms with Crippen LogP contribution in [0.5, 0.6) is 0 Å². The minimum Gasteiger partial charge on any atom is -0.298 e. The molecule has 0 N–H and O–H groups in total. The third-order valence-corrected chi connectivity index (χ3v) is 2.28. The Labute approximate surface area is 75.6 Å². The van der Waals surface area contributed by atoms with Crippen LogP contribution in [0.25, 0.3) is 0 Å². The van der Waals surface area contributed by atoms with E-state index in [4.69, 9.17) is 6.42 Å². The van der Waals surface area contributed by atoms with Gasteiger partial charge in [-0.2, -0.15) is 0 Å². The van der Waals surface area contributed by atoms with Gasteiger partial charge in [0.25, 0.3) is 0 Å². The lowest BCUT2D eigenvalue weighted by Gasteiger charge is -1.90. The monoisotopic (exact) mass is 179 g/mol.